The minimum absolute atomic E-state index is 0.0691. The highest BCUT2D eigenvalue weighted by Gasteiger charge is 2.12. The number of hydrogen-bond acceptors (Lipinski definition) is 3. The molecule has 0 saturated carbocycles. The molecule has 0 aliphatic rings. The van der Waals surface area contributed by atoms with E-state index in [9.17, 15) is 9.59 Å². The summed E-state index contributed by atoms with van der Waals surface area (Å²) in [5.74, 6) is 0.285. The molecule has 2 amide bonds. The van der Waals surface area contributed by atoms with E-state index in [-0.39, 0.29) is 18.4 Å². The highest BCUT2D eigenvalue weighted by molar-refractivity contribution is 6.30. The molecule has 0 radical (unpaired) electrons. The van der Waals surface area contributed by atoms with Gasteiger partial charge in [-0.25, -0.2) is 0 Å². The van der Waals surface area contributed by atoms with E-state index >= 15 is 0 Å². The number of anilines is 1. The number of nitrogens with zero attached hydrogens (tertiary/aromatic N) is 1. The number of aryl methyl sites for hydroxylation is 1. The van der Waals surface area contributed by atoms with Gasteiger partial charge in [0.15, 0.2) is 6.61 Å². The molecule has 5 nitrogen and oxygen atoms in total. The van der Waals surface area contributed by atoms with E-state index in [0.717, 1.165) is 5.56 Å². The Labute approximate surface area is 152 Å². The molecule has 0 aliphatic heterocycles. The smallest absolute Gasteiger partial charge is 0.258 e. The monoisotopic (exact) mass is 360 g/mol. The number of amides is 2. The van der Waals surface area contributed by atoms with E-state index in [1.54, 1.807) is 29.2 Å². The van der Waals surface area contributed by atoms with E-state index in [0.29, 0.717) is 29.5 Å². The summed E-state index contributed by atoms with van der Waals surface area (Å²) in [6.07, 6.45) is 0. The van der Waals surface area contributed by atoms with Crippen molar-refractivity contribution in [2.24, 2.45) is 0 Å². The third kappa shape index (κ3) is 6.12. The molecule has 25 heavy (non-hydrogen) atoms. The first-order chi connectivity index (χ1) is 12.0. The lowest BCUT2D eigenvalue weighted by molar-refractivity contribution is -0.123. The van der Waals surface area contributed by atoms with Crippen LogP contribution in [0.2, 0.25) is 5.02 Å². The van der Waals surface area contributed by atoms with Crippen LogP contribution in [-0.2, 0) is 9.59 Å². The van der Waals surface area contributed by atoms with Gasteiger partial charge in [0, 0.05) is 30.7 Å². The minimum Gasteiger partial charge on any atom is -0.484 e. The molecule has 0 unspecified atom stereocenters. The number of carbonyl (C=O) groups excluding carboxylic acids is 2. The molecular formula is C19H21ClN2O3. The van der Waals surface area contributed by atoms with Crippen molar-refractivity contribution in [2.75, 3.05) is 24.6 Å². The van der Waals surface area contributed by atoms with Gasteiger partial charge >= 0.3 is 0 Å². The molecular weight excluding hydrogens is 340 g/mol. The first-order valence-electron chi connectivity index (χ1n) is 7.95. The minimum atomic E-state index is -0.241. The van der Waals surface area contributed by atoms with Crippen molar-refractivity contribution in [3.05, 3.63) is 59.1 Å². The summed E-state index contributed by atoms with van der Waals surface area (Å²) in [6.45, 7) is 4.06. The highest BCUT2D eigenvalue weighted by atomic mass is 35.5. The van der Waals surface area contributed by atoms with Gasteiger partial charge in [0.25, 0.3) is 5.91 Å². The molecule has 1 N–H and O–H groups in total. The van der Waals surface area contributed by atoms with E-state index in [2.05, 4.69) is 5.32 Å². The van der Waals surface area contributed by atoms with Crippen LogP contribution in [0.15, 0.2) is 48.5 Å². The van der Waals surface area contributed by atoms with Gasteiger partial charge in [-0.15, -0.1) is 0 Å². The molecule has 0 spiro atoms. The van der Waals surface area contributed by atoms with Crippen LogP contribution in [0.25, 0.3) is 0 Å². The molecule has 0 saturated heterocycles. The maximum atomic E-state index is 11.9. The van der Waals surface area contributed by atoms with Crippen LogP contribution >= 0.6 is 11.6 Å². The summed E-state index contributed by atoms with van der Waals surface area (Å²) in [5, 5.41) is 3.30. The fourth-order valence-corrected chi connectivity index (χ4v) is 2.44. The van der Waals surface area contributed by atoms with E-state index in [4.69, 9.17) is 16.3 Å². The normalized spacial score (nSPS) is 10.2. The SMILES string of the molecule is CC(=O)N(CCNC(=O)COc1ccc(C)cc1)c1cccc(Cl)c1. The molecule has 0 bridgehead atoms. The van der Waals surface area contributed by atoms with Gasteiger partial charge in [0.2, 0.25) is 5.91 Å². The fraction of sp³-hybridized carbons (Fsp3) is 0.263. The summed E-state index contributed by atoms with van der Waals surface area (Å²) < 4.78 is 5.42. The summed E-state index contributed by atoms with van der Waals surface area (Å²) in [7, 11) is 0. The Morgan fingerprint density at radius 3 is 2.52 bits per heavy atom. The molecule has 0 fully saturated rings. The molecule has 2 aromatic carbocycles. The quantitative estimate of drug-likeness (QED) is 0.824. The number of rotatable bonds is 7. The maximum absolute atomic E-state index is 11.9. The Morgan fingerprint density at radius 1 is 1.16 bits per heavy atom. The van der Waals surface area contributed by atoms with Crippen molar-refractivity contribution in [1.82, 2.24) is 5.32 Å². The second kappa shape index (κ2) is 9.08. The summed E-state index contributed by atoms with van der Waals surface area (Å²) in [6, 6.07) is 14.5. The number of halogens is 1. The zero-order valence-corrected chi connectivity index (χ0v) is 15.0. The van der Waals surface area contributed by atoms with Crippen molar-refractivity contribution in [2.45, 2.75) is 13.8 Å². The molecule has 132 valence electrons. The molecule has 0 heterocycles. The Bertz CT molecular complexity index is 732. The second-order valence-corrected chi connectivity index (χ2v) is 6.04. The summed E-state index contributed by atoms with van der Waals surface area (Å²) in [4.78, 5) is 25.2. The van der Waals surface area contributed by atoms with Crippen LogP contribution in [-0.4, -0.2) is 31.5 Å². The van der Waals surface area contributed by atoms with Crippen molar-refractivity contribution in [1.29, 1.82) is 0 Å². The number of ether oxygens (including phenoxy) is 1. The van der Waals surface area contributed by atoms with Gasteiger partial charge in [-0.05, 0) is 37.3 Å². The zero-order chi connectivity index (χ0) is 18.2. The first kappa shape index (κ1) is 18.8. The number of hydrogen-bond donors (Lipinski definition) is 1. The van der Waals surface area contributed by atoms with Crippen LogP contribution in [0, 0.1) is 6.92 Å². The Kier molecular flexibility index (Phi) is 6.83. The Morgan fingerprint density at radius 2 is 1.88 bits per heavy atom. The predicted molar refractivity (Wildman–Crippen MR) is 99.2 cm³/mol. The Balaban J connectivity index is 1.80. The van der Waals surface area contributed by atoms with Crippen LogP contribution in [0.1, 0.15) is 12.5 Å². The number of carbonyl (C=O) groups is 2. The lowest BCUT2D eigenvalue weighted by atomic mass is 10.2. The van der Waals surface area contributed by atoms with E-state index in [1.807, 2.05) is 31.2 Å². The van der Waals surface area contributed by atoms with Crippen LogP contribution in [0.5, 0.6) is 5.75 Å². The lowest BCUT2D eigenvalue weighted by Crippen LogP contribution is -2.39. The average Bonchev–Trinajstić information content (AvgIpc) is 2.58. The summed E-state index contributed by atoms with van der Waals surface area (Å²) in [5.41, 5.74) is 1.83. The van der Waals surface area contributed by atoms with Crippen molar-refractivity contribution >= 4 is 29.1 Å². The number of nitrogens with one attached hydrogen (secondary N) is 1. The molecule has 0 aromatic heterocycles. The van der Waals surface area contributed by atoms with Crippen LogP contribution in [0.4, 0.5) is 5.69 Å². The third-order valence-corrected chi connectivity index (χ3v) is 3.78. The third-order valence-electron chi connectivity index (χ3n) is 3.55. The van der Waals surface area contributed by atoms with Crippen LogP contribution < -0.4 is 15.0 Å². The van der Waals surface area contributed by atoms with Gasteiger partial charge in [-0.2, -0.15) is 0 Å². The van der Waals surface area contributed by atoms with Gasteiger partial charge in [-0.3, -0.25) is 9.59 Å². The maximum Gasteiger partial charge on any atom is 0.258 e. The van der Waals surface area contributed by atoms with Gasteiger partial charge in [-0.1, -0.05) is 35.4 Å². The average molecular weight is 361 g/mol. The van der Waals surface area contributed by atoms with Crippen LogP contribution in [0.3, 0.4) is 0 Å². The highest BCUT2D eigenvalue weighted by Crippen LogP contribution is 2.19. The topological polar surface area (TPSA) is 58.6 Å². The molecule has 0 aliphatic carbocycles. The fourth-order valence-electron chi connectivity index (χ4n) is 2.25. The van der Waals surface area contributed by atoms with Crippen molar-refractivity contribution in [3.63, 3.8) is 0 Å². The standard InChI is InChI=1S/C19H21ClN2O3/c1-14-6-8-18(9-7-14)25-13-19(24)21-10-11-22(15(2)23)17-5-3-4-16(20)12-17/h3-9,12H,10-11,13H2,1-2H3,(H,21,24). The van der Waals surface area contributed by atoms with E-state index in [1.165, 1.54) is 6.92 Å². The van der Waals surface area contributed by atoms with Crippen molar-refractivity contribution in [3.8, 4) is 5.75 Å². The summed E-state index contributed by atoms with van der Waals surface area (Å²) >= 11 is 5.96. The first-order valence-corrected chi connectivity index (χ1v) is 8.33. The van der Waals surface area contributed by atoms with Gasteiger partial charge < -0.3 is 15.0 Å². The molecule has 0 atom stereocenters. The molecule has 2 rings (SSSR count). The van der Waals surface area contributed by atoms with Crippen molar-refractivity contribution < 1.29 is 14.3 Å². The molecule has 6 heteroatoms. The molecule has 2 aromatic rings. The van der Waals surface area contributed by atoms with Gasteiger partial charge in [0.05, 0.1) is 0 Å². The second-order valence-electron chi connectivity index (χ2n) is 5.60. The predicted octanol–water partition coefficient (Wildman–Crippen LogP) is 3.20. The Hall–Kier alpha value is -2.53. The van der Waals surface area contributed by atoms with Gasteiger partial charge in [0.1, 0.15) is 5.75 Å². The lowest BCUT2D eigenvalue weighted by Gasteiger charge is -2.21. The van der Waals surface area contributed by atoms with E-state index < -0.39 is 0 Å². The zero-order valence-electron chi connectivity index (χ0n) is 14.3. The number of benzene rings is 2. The largest absolute Gasteiger partial charge is 0.484 e.